The Hall–Kier alpha value is -1.56. The summed E-state index contributed by atoms with van der Waals surface area (Å²) in [4.78, 5) is 14.9. The summed E-state index contributed by atoms with van der Waals surface area (Å²) in [7, 11) is 0. The first-order valence-corrected chi connectivity index (χ1v) is 10.0. The van der Waals surface area contributed by atoms with Gasteiger partial charge in [0.1, 0.15) is 0 Å². The van der Waals surface area contributed by atoms with Crippen molar-refractivity contribution in [1.29, 1.82) is 0 Å². The topological polar surface area (TPSA) is 59.4 Å². The molecule has 138 valence electrons. The molecule has 2 amide bonds. The van der Waals surface area contributed by atoms with Crippen LogP contribution in [-0.2, 0) is 11.2 Å². The summed E-state index contributed by atoms with van der Waals surface area (Å²) in [6.07, 6.45) is 12.2. The molecular weight excluding hydrogens is 316 g/mol. The van der Waals surface area contributed by atoms with Gasteiger partial charge in [0.05, 0.1) is 35.8 Å². The largest absolute Gasteiger partial charge is 0.376 e. The molecule has 3 heterocycles. The highest BCUT2D eigenvalue weighted by molar-refractivity contribution is 5.90. The van der Waals surface area contributed by atoms with Crippen LogP contribution in [-0.4, -0.2) is 46.0 Å². The number of anilines is 1. The van der Waals surface area contributed by atoms with Crippen molar-refractivity contribution in [3.05, 3.63) is 11.9 Å². The second-order valence-electron chi connectivity index (χ2n) is 7.63. The van der Waals surface area contributed by atoms with Gasteiger partial charge in [0, 0.05) is 13.2 Å². The summed E-state index contributed by atoms with van der Waals surface area (Å²) in [6, 6.07) is 0.753. The van der Waals surface area contributed by atoms with Crippen LogP contribution < -0.4 is 5.32 Å². The van der Waals surface area contributed by atoms with E-state index in [4.69, 9.17) is 4.74 Å². The Labute approximate surface area is 149 Å². The second-order valence-corrected chi connectivity index (χ2v) is 7.63. The van der Waals surface area contributed by atoms with Crippen molar-refractivity contribution in [3.8, 4) is 0 Å². The smallest absolute Gasteiger partial charge is 0.322 e. The van der Waals surface area contributed by atoms with Gasteiger partial charge >= 0.3 is 6.03 Å². The van der Waals surface area contributed by atoms with Crippen LogP contribution >= 0.6 is 0 Å². The number of nitrogens with zero attached hydrogens (tertiary/aromatic N) is 3. The molecule has 2 unspecified atom stereocenters. The number of rotatable bonds is 4. The normalized spacial score (nSPS) is 27.3. The molecule has 4 rings (SSSR count). The van der Waals surface area contributed by atoms with Crippen molar-refractivity contribution in [2.75, 3.05) is 18.5 Å². The number of carbonyl (C=O) groups excluding carboxylic acids is 1. The molecule has 1 aliphatic carbocycles. The zero-order valence-electron chi connectivity index (χ0n) is 15.2. The van der Waals surface area contributed by atoms with Gasteiger partial charge in [-0.15, -0.1) is 0 Å². The maximum atomic E-state index is 12.9. The summed E-state index contributed by atoms with van der Waals surface area (Å²) >= 11 is 0. The number of amides is 2. The fourth-order valence-electron chi connectivity index (χ4n) is 4.83. The van der Waals surface area contributed by atoms with Gasteiger partial charge < -0.3 is 15.0 Å². The fourth-order valence-corrected chi connectivity index (χ4v) is 4.83. The fraction of sp³-hybridized carbons (Fsp3) is 0.789. The predicted molar refractivity (Wildman–Crippen MR) is 96.8 cm³/mol. The maximum absolute atomic E-state index is 12.9. The van der Waals surface area contributed by atoms with E-state index in [9.17, 15) is 4.79 Å². The molecule has 1 N–H and O–H groups in total. The van der Waals surface area contributed by atoms with Crippen molar-refractivity contribution in [3.63, 3.8) is 0 Å². The highest BCUT2D eigenvalue weighted by atomic mass is 16.5. The molecule has 0 bridgehead atoms. The zero-order chi connectivity index (χ0) is 17.2. The number of nitrogens with one attached hydrogen (secondary N) is 1. The average Bonchev–Trinajstić information content (AvgIpc) is 3.40. The number of hydrogen-bond donors (Lipinski definition) is 1. The van der Waals surface area contributed by atoms with Crippen molar-refractivity contribution in [2.24, 2.45) is 0 Å². The molecule has 1 saturated carbocycles. The van der Waals surface area contributed by atoms with E-state index < -0.39 is 0 Å². The highest BCUT2D eigenvalue weighted by Gasteiger charge is 2.37. The monoisotopic (exact) mass is 346 g/mol. The zero-order valence-corrected chi connectivity index (χ0v) is 15.2. The van der Waals surface area contributed by atoms with Gasteiger partial charge in [0.2, 0.25) is 0 Å². The van der Waals surface area contributed by atoms with Crippen LogP contribution in [0.3, 0.4) is 0 Å². The first-order chi connectivity index (χ1) is 12.3. The molecule has 0 radical (unpaired) electrons. The number of likely N-dealkylation sites (tertiary alicyclic amines) is 1. The van der Waals surface area contributed by atoms with Gasteiger partial charge in [0.25, 0.3) is 0 Å². The number of urea groups is 1. The lowest BCUT2D eigenvalue weighted by atomic mass is 10.1. The molecule has 2 aliphatic heterocycles. The molecule has 0 aromatic carbocycles. The van der Waals surface area contributed by atoms with E-state index in [1.165, 1.54) is 25.7 Å². The SMILES string of the molecule is CCc1c(NC(=O)N2CCCC2C2CCCO2)cnn1C1CCCC1. The summed E-state index contributed by atoms with van der Waals surface area (Å²) in [5, 5.41) is 7.75. The number of hydrogen-bond acceptors (Lipinski definition) is 3. The predicted octanol–water partition coefficient (Wildman–Crippen LogP) is 3.74. The van der Waals surface area contributed by atoms with E-state index in [1.807, 2.05) is 11.1 Å². The second kappa shape index (κ2) is 7.36. The van der Waals surface area contributed by atoms with Crippen LogP contribution in [0.2, 0.25) is 0 Å². The van der Waals surface area contributed by atoms with Crippen LogP contribution in [0.25, 0.3) is 0 Å². The minimum atomic E-state index is 0.0127. The molecule has 1 aromatic heterocycles. The number of ether oxygens (including phenoxy) is 1. The highest BCUT2D eigenvalue weighted by Crippen LogP contribution is 2.33. The van der Waals surface area contributed by atoms with Crippen LogP contribution in [0.5, 0.6) is 0 Å². The minimum Gasteiger partial charge on any atom is -0.376 e. The maximum Gasteiger partial charge on any atom is 0.322 e. The van der Waals surface area contributed by atoms with E-state index in [-0.39, 0.29) is 18.2 Å². The van der Waals surface area contributed by atoms with Crippen molar-refractivity contribution < 1.29 is 9.53 Å². The molecule has 3 fully saturated rings. The van der Waals surface area contributed by atoms with Crippen molar-refractivity contribution in [2.45, 2.75) is 82.9 Å². The minimum absolute atomic E-state index is 0.0127. The van der Waals surface area contributed by atoms with Crippen molar-refractivity contribution >= 4 is 11.7 Å². The molecule has 2 atom stereocenters. The van der Waals surface area contributed by atoms with E-state index in [0.717, 1.165) is 56.6 Å². The Morgan fingerprint density at radius 3 is 2.80 bits per heavy atom. The van der Waals surface area contributed by atoms with E-state index in [2.05, 4.69) is 22.0 Å². The van der Waals surface area contributed by atoms with E-state index >= 15 is 0 Å². The first-order valence-electron chi connectivity index (χ1n) is 10.0. The molecule has 3 aliphatic rings. The Morgan fingerprint density at radius 2 is 2.08 bits per heavy atom. The van der Waals surface area contributed by atoms with Gasteiger partial charge in [-0.3, -0.25) is 4.68 Å². The first kappa shape index (κ1) is 16.9. The van der Waals surface area contributed by atoms with Gasteiger partial charge in [-0.2, -0.15) is 5.10 Å². The van der Waals surface area contributed by atoms with Crippen LogP contribution in [0.1, 0.15) is 70.0 Å². The Bertz CT molecular complexity index is 603. The third kappa shape index (κ3) is 3.28. The number of aromatic nitrogens is 2. The third-order valence-corrected chi connectivity index (χ3v) is 6.10. The third-order valence-electron chi connectivity index (χ3n) is 6.10. The van der Waals surface area contributed by atoms with Crippen molar-refractivity contribution in [1.82, 2.24) is 14.7 Å². The lowest BCUT2D eigenvalue weighted by Crippen LogP contribution is -2.44. The summed E-state index contributed by atoms with van der Waals surface area (Å²) in [5.74, 6) is 0. The molecule has 1 aromatic rings. The van der Waals surface area contributed by atoms with Crippen LogP contribution in [0.15, 0.2) is 6.20 Å². The van der Waals surface area contributed by atoms with E-state index in [1.54, 1.807) is 0 Å². The summed E-state index contributed by atoms with van der Waals surface area (Å²) in [6.45, 7) is 3.81. The van der Waals surface area contributed by atoms with Gasteiger partial charge in [-0.05, 0) is 44.9 Å². The number of carbonyl (C=O) groups is 1. The molecule has 6 heteroatoms. The Kier molecular flexibility index (Phi) is 4.97. The van der Waals surface area contributed by atoms with Gasteiger partial charge in [0.15, 0.2) is 0 Å². The summed E-state index contributed by atoms with van der Waals surface area (Å²) in [5.41, 5.74) is 2.05. The average molecular weight is 346 g/mol. The Balaban J connectivity index is 1.46. The lowest BCUT2D eigenvalue weighted by molar-refractivity contribution is 0.0543. The Morgan fingerprint density at radius 1 is 1.24 bits per heavy atom. The van der Waals surface area contributed by atoms with Crippen LogP contribution in [0.4, 0.5) is 10.5 Å². The molecule has 2 saturated heterocycles. The van der Waals surface area contributed by atoms with E-state index in [0.29, 0.717) is 6.04 Å². The summed E-state index contributed by atoms with van der Waals surface area (Å²) < 4.78 is 8.00. The standard InChI is InChI=1S/C19H30N4O2/c1-2-16-15(13-20-23(16)14-7-3-4-8-14)21-19(24)22-11-5-9-17(22)18-10-6-12-25-18/h13-14,17-18H,2-12H2,1H3,(H,21,24). The molecular formula is C19H30N4O2. The quantitative estimate of drug-likeness (QED) is 0.903. The molecule has 6 nitrogen and oxygen atoms in total. The van der Waals surface area contributed by atoms with Gasteiger partial charge in [-0.25, -0.2) is 4.79 Å². The lowest BCUT2D eigenvalue weighted by Gasteiger charge is -2.29. The van der Waals surface area contributed by atoms with Crippen LogP contribution in [0, 0.1) is 0 Å². The molecule has 25 heavy (non-hydrogen) atoms. The van der Waals surface area contributed by atoms with Gasteiger partial charge in [-0.1, -0.05) is 19.8 Å². The molecule has 0 spiro atoms.